The van der Waals surface area contributed by atoms with Gasteiger partial charge in [-0.15, -0.1) is 11.3 Å². The summed E-state index contributed by atoms with van der Waals surface area (Å²) >= 11 is 1.42. The summed E-state index contributed by atoms with van der Waals surface area (Å²) in [5, 5.41) is 12.7. The molecule has 0 radical (unpaired) electrons. The second-order valence-electron chi connectivity index (χ2n) is 7.67. The number of carbonyl (C=O) groups is 2. The van der Waals surface area contributed by atoms with E-state index in [0.717, 1.165) is 42.5 Å². The number of ether oxygens (including phenoxy) is 1. The SMILES string of the molecule is N#Cc1c(NC(=O)COC(=O)CCN=C2NS(=O)(=O)c3ccccc32)sc2c1CCCCC2. The van der Waals surface area contributed by atoms with E-state index in [0.29, 0.717) is 16.1 Å². The van der Waals surface area contributed by atoms with Crippen LogP contribution in [0.4, 0.5) is 5.00 Å². The van der Waals surface area contributed by atoms with Crippen molar-refractivity contribution in [2.24, 2.45) is 4.99 Å². The molecular weight excluding hydrogens is 464 g/mol. The van der Waals surface area contributed by atoms with Crippen molar-refractivity contribution in [1.82, 2.24) is 4.72 Å². The minimum atomic E-state index is -3.64. The van der Waals surface area contributed by atoms with E-state index in [1.165, 1.54) is 17.4 Å². The maximum absolute atomic E-state index is 12.3. The summed E-state index contributed by atoms with van der Waals surface area (Å²) in [5.74, 6) is -0.969. The van der Waals surface area contributed by atoms with E-state index in [4.69, 9.17) is 4.74 Å². The number of anilines is 1. The van der Waals surface area contributed by atoms with Gasteiger partial charge < -0.3 is 10.1 Å². The molecule has 2 aromatic rings. The quantitative estimate of drug-likeness (QED) is 0.475. The lowest BCUT2D eigenvalue weighted by Crippen LogP contribution is -2.23. The van der Waals surface area contributed by atoms with E-state index >= 15 is 0 Å². The van der Waals surface area contributed by atoms with Crippen LogP contribution in [0.2, 0.25) is 0 Å². The molecule has 11 heteroatoms. The zero-order chi connectivity index (χ0) is 23.4. The number of thiophene rings is 1. The Hall–Kier alpha value is -3.23. The number of hydrogen-bond donors (Lipinski definition) is 2. The van der Waals surface area contributed by atoms with Crippen molar-refractivity contribution >= 4 is 44.1 Å². The highest BCUT2D eigenvalue weighted by Crippen LogP contribution is 2.36. The average molecular weight is 487 g/mol. The lowest BCUT2D eigenvalue weighted by molar-refractivity contribution is -0.147. The minimum absolute atomic E-state index is 0.00284. The topological polar surface area (TPSA) is 138 Å². The van der Waals surface area contributed by atoms with Crippen LogP contribution in [0.25, 0.3) is 0 Å². The van der Waals surface area contributed by atoms with Crippen LogP contribution >= 0.6 is 11.3 Å². The van der Waals surface area contributed by atoms with Crippen molar-refractivity contribution in [1.29, 1.82) is 5.26 Å². The second-order valence-corrected chi connectivity index (χ2v) is 10.4. The van der Waals surface area contributed by atoms with Gasteiger partial charge in [0.15, 0.2) is 6.61 Å². The highest BCUT2D eigenvalue weighted by molar-refractivity contribution is 7.90. The van der Waals surface area contributed by atoms with Crippen molar-refractivity contribution in [3.63, 3.8) is 0 Å². The molecule has 0 saturated heterocycles. The van der Waals surface area contributed by atoms with Gasteiger partial charge in [0, 0.05) is 10.4 Å². The van der Waals surface area contributed by atoms with Gasteiger partial charge in [-0.2, -0.15) is 5.26 Å². The summed E-state index contributed by atoms with van der Waals surface area (Å²) in [6.45, 7) is -0.471. The highest BCUT2D eigenvalue weighted by Gasteiger charge is 2.30. The van der Waals surface area contributed by atoms with Crippen LogP contribution in [-0.2, 0) is 37.2 Å². The number of amides is 1. The number of carbonyl (C=O) groups excluding carboxylic acids is 2. The van der Waals surface area contributed by atoms with Gasteiger partial charge in [0.2, 0.25) is 0 Å². The summed E-state index contributed by atoms with van der Waals surface area (Å²) < 4.78 is 31.5. The summed E-state index contributed by atoms with van der Waals surface area (Å²) in [4.78, 5) is 29.7. The molecule has 1 aliphatic carbocycles. The molecule has 0 saturated carbocycles. The van der Waals surface area contributed by atoms with Gasteiger partial charge >= 0.3 is 5.97 Å². The molecule has 33 heavy (non-hydrogen) atoms. The van der Waals surface area contributed by atoms with Crippen molar-refractivity contribution in [3.8, 4) is 6.07 Å². The molecular formula is C22H22N4O5S2. The normalized spacial score (nSPS) is 17.2. The fourth-order valence-electron chi connectivity index (χ4n) is 3.84. The first-order chi connectivity index (χ1) is 15.9. The molecule has 0 bridgehead atoms. The lowest BCUT2D eigenvalue weighted by Gasteiger charge is -2.06. The number of esters is 1. The predicted molar refractivity (Wildman–Crippen MR) is 123 cm³/mol. The van der Waals surface area contributed by atoms with E-state index in [2.05, 4.69) is 21.1 Å². The zero-order valence-corrected chi connectivity index (χ0v) is 19.4. The van der Waals surface area contributed by atoms with Crippen LogP contribution in [0.3, 0.4) is 0 Å². The number of nitrogens with one attached hydrogen (secondary N) is 2. The Labute approximate surface area is 195 Å². The molecule has 1 aromatic carbocycles. The molecule has 9 nitrogen and oxygen atoms in total. The number of benzene rings is 1. The van der Waals surface area contributed by atoms with Gasteiger partial charge in [0.05, 0.1) is 23.4 Å². The maximum Gasteiger partial charge on any atom is 0.308 e. The number of hydrogen-bond acceptors (Lipinski definition) is 8. The minimum Gasteiger partial charge on any atom is -0.456 e. The summed E-state index contributed by atoms with van der Waals surface area (Å²) in [7, 11) is -3.64. The molecule has 1 aromatic heterocycles. The first-order valence-electron chi connectivity index (χ1n) is 10.6. The van der Waals surface area contributed by atoms with E-state index in [9.17, 15) is 23.3 Å². The predicted octanol–water partition coefficient (Wildman–Crippen LogP) is 2.50. The molecule has 2 aliphatic rings. The van der Waals surface area contributed by atoms with Crippen molar-refractivity contribution in [3.05, 3.63) is 45.8 Å². The van der Waals surface area contributed by atoms with Gasteiger partial charge in [0.1, 0.15) is 16.9 Å². The van der Waals surface area contributed by atoms with Gasteiger partial charge in [-0.1, -0.05) is 18.6 Å². The Morgan fingerprint density at radius 2 is 2.00 bits per heavy atom. The van der Waals surface area contributed by atoms with Crippen LogP contribution in [-0.4, -0.2) is 39.3 Å². The van der Waals surface area contributed by atoms with E-state index < -0.39 is 28.5 Å². The molecule has 2 N–H and O–H groups in total. The Morgan fingerprint density at radius 1 is 1.21 bits per heavy atom. The molecule has 0 spiro atoms. The fraction of sp³-hybridized carbons (Fsp3) is 0.364. The largest absolute Gasteiger partial charge is 0.456 e. The molecule has 4 rings (SSSR count). The third kappa shape index (κ3) is 5.07. The second kappa shape index (κ2) is 9.72. The molecule has 2 heterocycles. The van der Waals surface area contributed by atoms with Gasteiger partial charge in [-0.25, -0.2) is 8.42 Å². The molecule has 172 valence electrons. The van der Waals surface area contributed by atoms with Crippen LogP contribution in [0, 0.1) is 11.3 Å². The number of rotatable bonds is 6. The number of nitriles is 1. The molecule has 0 fully saturated rings. The number of nitrogens with zero attached hydrogens (tertiary/aromatic N) is 2. The molecule has 1 aliphatic heterocycles. The Bertz CT molecular complexity index is 1270. The first kappa shape index (κ1) is 22.9. The number of sulfonamides is 1. The Kier molecular flexibility index (Phi) is 6.76. The average Bonchev–Trinajstić information content (AvgIpc) is 3.13. The molecule has 0 atom stereocenters. The summed E-state index contributed by atoms with van der Waals surface area (Å²) in [5.41, 5.74) is 1.98. The van der Waals surface area contributed by atoms with Crippen LogP contribution < -0.4 is 10.0 Å². The fourth-order valence-corrected chi connectivity index (χ4v) is 6.35. The number of aliphatic imine (C=N–C) groups is 1. The van der Waals surface area contributed by atoms with Crippen molar-refractivity contribution in [2.45, 2.75) is 43.4 Å². The van der Waals surface area contributed by atoms with Crippen molar-refractivity contribution in [2.75, 3.05) is 18.5 Å². The van der Waals surface area contributed by atoms with Gasteiger partial charge in [-0.3, -0.25) is 19.3 Å². The Morgan fingerprint density at radius 3 is 2.82 bits per heavy atom. The monoisotopic (exact) mass is 486 g/mol. The third-order valence-electron chi connectivity index (χ3n) is 5.40. The smallest absolute Gasteiger partial charge is 0.308 e. The zero-order valence-electron chi connectivity index (χ0n) is 17.7. The summed E-state index contributed by atoms with van der Waals surface area (Å²) in [6, 6.07) is 8.63. The van der Waals surface area contributed by atoms with Crippen molar-refractivity contribution < 1.29 is 22.7 Å². The van der Waals surface area contributed by atoms with Crippen LogP contribution in [0.5, 0.6) is 0 Å². The first-order valence-corrected chi connectivity index (χ1v) is 12.9. The van der Waals surface area contributed by atoms with Crippen LogP contribution in [0.15, 0.2) is 34.2 Å². The maximum atomic E-state index is 12.3. The van der Waals surface area contributed by atoms with E-state index in [1.807, 2.05) is 0 Å². The Balaban J connectivity index is 1.28. The standard InChI is InChI=1S/C22H22N4O5S2/c23-12-16-14-6-2-1-3-8-17(14)32-22(16)25-19(27)13-31-20(28)10-11-24-21-15-7-4-5-9-18(15)33(29,30)26-21/h4-5,7,9H,1-3,6,8,10-11,13H2,(H,24,26)(H,25,27). The molecule has 1 amide bonds. The number of fused-ring (bicyclic) bond motifs is 2. The van der Waals surface area contributed by atoms with E-state index in [-0.39, 0.29) is 23.7 Å². The lowest BCUT2D eigenvalue weighted by atomic mass is 10.1. The van der Waals surface area contributed by atoms with Crippen LogP contribution in [0.1, 0.15) is 47.3 Å². The van der Waals surface area contributed by atoms with E-state index in [1.54, 1.807) is 18.2 Å². The third-order valence-corrected chi connectivity index (χ3v) is 8.00. The highest BCUT2D eigenvalue weighted by atomic mass is 32.2. The summed E-state index contributed by atoms with van der Waals surface area (Å²) in [6.07, 6.45) is 4.86. The number of amidine groups is 1. The van der Waals surface area contributed by atoms with Gasteiger partial charge in [-0.05, 0) is 43.4 Å². The number of aryl methyl sites for hydroxylation is 1. The van der Waals surface area contributed by atoms with Gasteiger partial charge in [0.25, 0.3) is 15.9 Å². The molecule has 0 unspecified atom stereocenters.